The highest BCUT2D eigenvalue weighted by molar-refractivity contribution is 6.20. The Hall–Kier alpha value is -3.72. The number of benzene rings is 3. The molecule has 0 unspecified atom stereocenters. The Kier molecular flexibility index (Phi) is 3.53. The summed E-state index contributed by atoms with van der Waals surface area (Å²) in [6.07, 6.45) is 6.57. The van der Waals surface area contributed by atoms with Crippen molar-refractivity contribution in [2.45, 2.75) is 24.3 Å². The zero-order valence-electron chi connectivity index (χ0n) is 18.4. The normalized spacial score (nSPS) is 30.5. The highest BCUT2D eigenvalue weighted by Crippen LogP contribution is 2.74. The number of imide groups is 1. The number of hydrogen-bond acceptors (Lipinski definition) is 2. The number of likely N-dealkylation sites (tertiary alicyclic amines) is 1. The smallest absolute Gasteiger partial charge is 0.242 e. The summed E-state index contributed by atoms with van der Waals surface area (Å²) < 4.78 is 0. The molecule has 33 heavy (non-hydrogen) atoms. The average molecular weight is 430 g/mol. The summed E-state index contributed by atoms with van der Waals surface area (Å²) in [5.41, 5.74) is 4.47. The molecule has 1 saturated heterocycles. The van der Waals surface area contributed by atoms with Gasteiger partial charge >= 0.3 is 0 Å². The molecule has 2 amide bonds. The molecule has 3 aromatic carbocycles. The van der Waals surface area contributed by atoms with E-state index in [0.717, 1.165) is 27.8 Å². The molecular weight excluding hydrogens is 406 g/mol. The first-order chi connectivity index (χ1) is 16.1. The van der Waals surface area contributed by atoms with Crippen molar-refractivity contribution in [3.63, 3.8) is 0 Å². The molecule has 3 aromatic rings. The Morgan fingerprint density at radius 1 is 0.758 bits per heavy atom. The minimum absolute atomic E-state index is 0.0331. The molecule has 1 aliphatic heterocycles. The molecule has 2 spiro atoms. The summed E-state index contributed by atoms with van der Waals surface area (Å²) in [4.78, 5) is 30.6. The number of amides is 2. The quantitative estimate of drug-likeness (QED) is 0.530. The van der Waals surface area contributed by atoms with Gasteiger partial charge in [-0.2, -0.15) is 0 Å². The van der Waals surface area contributed by atoms with Crippen molar-refractivity contribution in [2.75, 3.05) is 0 Å². The van der Waals surface area contributed by atoms with E-state index in [0.29, 0.717) is 6.54 Å². The Labute approximate surface area is 193 Å². The van der Waals surface area contributed by atoms with Gasteiger partial charge in [0.15, 0.2) is 0 Å². The van der Waals surface area contributed by atoms with E-state index in [1.165, 1.54) is 5.57 Å². The fraction of sp³-hybridized carbons (Fsp3) is 0.200. The van der Waals surface area contributed by atoms with Crippen LogP contribution < -0.4 is 0 Å². The van der Waals surface area contributed by atoms with Crippen molar-refractivity contribution in [1.82, 2.24) is 4.90 Å². The Balaban J connectivity index is 1.54. The van der Waals surface area contributed by atoms with Crippen molar-refractivity contribution in [2.24, 2.45) is 11.8 Å². The molecule has 0 radical (unpaired) electrons. The molecule has 3 heteroatoms. The van der Waals surface area contributed by atoms with E-state index in [4.69, 9.17) is 0 Å². The van der Waals surface area contributed by atoms with Crippen LogP contribution in [0.1, 0.15) is 34.7 Å². The van der Waals surface area contributed by atoms with Crippen molar-refractivity contribution < 1.29 is 9.59 Å². The maximum atomic E-state index is 14.5. The molecule has 7 rings (SSSR count). The number of hydrogen-bond donors (Lipinski definition) is 0. The summed E-state index contributed by atoms with van der Waals surface area (Å²) in [5, 5.41) is 0. The fourth-order valence-corrected chi connectivity index (χ4v) is 7.26. The fourth-order valence-electron chi connectivity index (χ4n) is 7.26. The SMILES string of the molecule is CC1=C[C@H]2[C@H]3C=Cc4ccccc4[C@@]34C(=O)N(Cc3ccccc3)C(=O)[C@]24c2ccccc21. The van der Waals surface area contributed by atoms with Crippen molar-refractivity contribution in [3.8, 4) is 0 Å². The Bertz CT molecular complexity index is 1420. The summed E-state index contributed by atoms with van der Waals surface area (Å²) in [7, 11) is 0. The van der Waals surface area contributed by atoms with Crippen LogP contribution in [0, 0.1) is 11.8 Å². The van der Waals surface area contributed by atoms with Crippen LogP contribution >= 0.6 is 0 Å². The second-order valence-corrected chi connectivity index (χ2v) is 9.69. The number of fused-ring (bicyclic) bond motifs is 3. The minimum atomic E-state index is -0.902. The first-order valence-electron chi connectivity index (χ1n) is 11.6. The predicted octanol–water partition coefficient (Wildman–Crippen LogP) is 5.12. The third-order valence-electron chi connectivity index (χ3n) is 8.43. The molecule has 4 aliphatic rings. The van der Waals surface area contributed by atoms with Crippen molar-refractivity contribution in [3.05, 3.63) is 119 Å². The lowest BCUT2D eigenvalue weighted by Gasteiger charge is -2.65. The van der Waals surface area contributed by atoms with Gasteiger partial charge in [-0.1, -0.05) is 97.1 Å². The summed E-state index contributed by atoms with van der Waals surface area (Å²) in [6, 6.07) is 26.2. The molecule has 1 heterocycles. The maximum absolute atomic E-state index is 14.5. The Morgan fingerprint density at radius 3 is 2.18 bits per heavy atom. The van der Waals surface area contributed by atoms with E-state index in [1.54, 1.807) is 4.90 Å². The van der Waals surface area contributed by atoms with Gasteiger partial charge in [-0.25, -0.2) is 0 Å². The first-order valence-corrected chi connectivity index (χ1v) is 11.6. The maximum Gasteiger partial charge on any atom is 0.242 e. The highest BCUT2D eigenvalue weighted by atomic mass is 16.2. The molecule has 3 aliphatic carbocycles. The van der Waals surface area contributed by atoms with E-state index in [9.17, 15) is 9.59 Å². The lowest BCUT2D eigenvalue weighted by atomic mass is 9.33. The van der Waals surface area contributed by atoms with Crippen LogP contribution in [-0.2, 0) is 27.0 Å². The standard InChI is InChI=1S/C30H23NO2/c1-19-17-26-25-16-15-21-11-5-7-13-23(21)29(25)27(32)31(18-20-9-3-2-4-10-20)28(33)30(26,29)24-14-8-6-12-22(19)24/h2-17,25-26H,18H2,1H3/t25-,26+,29+,30+/m1/s1. The van der Waals surface area contributed by atoms with Gasteiger partial charge in [0.2, 0.25) is 11.8 Å². The van der Waals surface area contributed by atoms with Gasteiger partial charge in [0.1, 0.15) is 10.8 Å². The Morgan fingerprint density at radius 2 is 1.39 bits per heavy atom. The summed E-state index contributed by atoms with van der Waals surface area (Å²) in [5.74, 6) is -0.182. The molecule has 2 fully saturated rings. The molecule has 0 aromatic heterocycles. The van der Waals surface area contributed by atoms with Crippen LogP contribution in [0.2, 0.25) is 0 Å². The number of allylic oxidation sites excluding steroid dienone is 3. The van der Waals surface area contributed by atoms with Gasteiger partial charge in [0, 0.05) is 11.8 Å². The topological polar surface area (TPSA) is 37.4 Å². The molecule has 0 bridgehead atoms. The average Bonchev–Trinajstić information content (AvgIpc) is 2.99. The van der Waals surface area contributed by atoms with E-state index in [1.807, 2.05) is 54.6 Å². The summed E-state index contributed by atoms with van der Waals surface area (Å²) in [6.45, 7) is 2.42. The largest absolute Gasteiger partial charge is 0.276 e. The molecule has 3 nitrogen and oxygen atoms in total. The molecule has 1 saturated carbocycles. The number of nitrogens with zero attached hydrogens (tertiary/aromatic N) is 1. The molecule has 4 atom stereocenters. The van der Waals surface area contributed by atoms with E-state index < -0.39 is 10.8 Å². The van der Waals surface area contributed by atoms with Crippen LogP contribution in [-0.4, -0.2) is 16.7 Å². The van der Waals surface area contributed by atoms with Crippen LogP contribution in [0.25, 0.3) is 11.6 Å². The van der Waals surface area contributed by atoms with Gasteiger partial charge in [-0.15, -0.1) is 0 Å². The molecule has 0 N–H and O–H groups in total. The number of carbonyl (C=O) groups is 2. The second-order valence-electron chi connectivity index (χ2n) is 9.69. The van der Waals surface area contributed by atoms with Crippen LogP contribution in [0.4, 0.5) is 0 Å². The first kappa shape index (κ1) is 18.8. The van der Waals surface area contributed by atoms with Gasteiger partial charge in [-0.05, 0) is 40.3 Å². The van der Waals surface area contributed by atoms with Gasteiger partial charge in [0.25, 0.3) is 0 Å². The van der Waals surface area contributed by atoms with Gasteiger partial charge in [-0.3, -0.25) is 14.5 Å². The lowest BCUT2D eigenvalue weighted by Crippen LogP contribution is -2.73. The summed E-state index contributed by atoms with van der Waals surface area (Å²) >= 11 is 0. The van der Waals surface area contributed by atoms with Crippen molar-refractivity contribution >= 4 is 23.5 Å². The molecular formula is C30H23NO2. The van der Waals surface area contributed by atoms with E-state index >= 15 is 0 Å². The van der Waals surface area contributed by atoms with Gasteiger partial charge in [0.05, 0.1) is 6.54 Å². The third kappa shape index (κ3) is 1.94. The van der Waals surface area contributed by atoms with Crippen LogP contribution in [0.15, 0.2) is 91.0 Å². The van der Waals surface area contributed by atoms with E-state index in [-0.39, 0.29) is 23.7 Å². The number of rotatable bonds is 2. The van der Waals surface area contributed by atoms with Crippen LogP contribution in [0.3, 0.4) is 0 Å². The number of carbonyl (C=O) groups excluding carboxylic acids is 2. The highest BCUT2D eigenvalue weighted by Gasteiger charge is 2.85. The zero-order valence-corrected chi connectivity index (χ0v) is 18.4. The van der Waals surface area contributed by atoms with Crippen LogP contribution in [0.5, 0.6) is 0 Å². The third-order valence-corrected chi connectivity index (χ3v) is 8.43. The zero-order chi connectivity index (χ0) is 22.4. The predicted molar refractivity (Wildman–Crippen MR) is 128 cm³/mol. The lowest BCUT2D eigenvalue weighted by molar-refractivity contribution is -0.141. The second kappa shape index (κ2) is 6.20. The van der Waals surface area contributed by atoms with Gasteiger partial charge < -0.3 is 0 Å². The minimum Gasteiger partial charge on any atom is -0.276 e. The van der Waals surface area contributed by atoms with Crippen molar-refractivity contribution in [1.29, 1.82) is 0 Å². The van der Waals surface area contributed by atoms with E-state index in [2.05, 4.69) is 49.4 Å². The molecule has 160 valence electrons. The monoisotopic (exact) mass is 429 g/mol.